The summed E-state index contributed by atoms with van der Waals surface area (Å²) < 4.78 is 12.2. The van der Waals surface area contributed by atoms with Crippen molar-refractivity contribution >= 4 is 5.97 Å². The second-order valence-corrected chi connectivity index (χ2v) is 12.8. The van der Waals surface area contributed by atoms with Crippen LogP contribution < -0.4 is 0 Å². The summed E-state index contributed by atoms with van der Waals surface area (Å²) in [7, 11) is 0. The van der Waals surface area contributed by atoms with Crippen molar-refractivity contribution in [3.63, 3.8) is 0 Å². The molecule has 2 aromatic rings. The first kappa shape index (κ1) is 23.9. The van der Waals surface area contributed by atoms with Crippen molar-refractivity contribution in [1.82, 2.24) is 4.90 Å². The molecule has 2 aromatic carbocycles. The van der Waals surface area contributed by atoms with Crippen LogP contribution in [0.15, 0.2) is 60.7 Å². The van der Waals surface area contributed by atoms with Crippen LogP contribution in [0.3, 0.4) is 0 Å². The number of hydrogen-bond donors (Lipinski definition) is 1. The zero-order valence-corrected chi connectivity index (χ0v) is 21.9. The topological polar surface area (TPSA) is 62.3 Å². The fraction of sp³-hybridized carbons (Fsp3) is 0.594. The quantitative estimate of drug-likeness (QED) is 0.466. The van der Waals surface area contributed by atoms with E-state index < -0.39 is 5.60 Å². The number of rotatable bonds is 5. The molecular weight excluding hydrogens is 462 g/mol. The molecule has 7 atom stereocenters. The SMILES string of the molecule is C[C@]12CCC[C@]3(CO3)[C@@H]1C[C@@H]1[C@@H](C2)OC(=O)[C@@H]1CN1CCC[C@@H]1C(O)(c1ccccc1)c1ccccc1. The van der Waals surface area contributed by atoms with E-state index >= 15 is 0 Å². The number of epoxide rings is 1. The predicted molar refractivity (Wildman–Crippen MR) is 141 cm³/mol. The Labute approximate surface area is 220 Å². The minimum Gasteiger partial charge on any atom is -0.462 e. The monoisotopic (exact) mass is 501 g/mol. The van der Waals surface area contributed by atoms with Gasteiger partial charge < -0.3 is 14.6 Å². The highest BCUT2D eigenvalue weighted by Gasteiger charge is 2.65. The van der Waals surface area contributed by atoms with Crippen LogP contribution in [0.1, 0.15) is 63.0 Å². The first-order valence-electron chi connectivity index (χ1n) is 14.3. The molecule has 2 saturated carbocycles. The Bertz CT molecular complexity index is 1110. The van der Waals surface area contributed by atoms with E-state index in [4.69, 9.17) is 9.47 Å². The first-order chi connectivity index (χ1) is 17.9. The smallest absolute Gasteiger partial charge is 0.310 e. The van der Waals surface area contributed by atoms with Crippen LogP contribution in [0.2, 0.25) is 0 Å². The Morgan fingerprint density at radius 3 is 2.35 bits per heavy atom. The molecular formula is C32H39NO4. The molecule has 1 N–H and O–H groups in total. The number of carbonyl (C=O) groups is 1. The van der Waals surface area contributed by atoms with Crippen molar-refractivity contribution in [2.24, 2.45) is 23.2 Å². The Morgan fingerprint density at radius 1 is 1.03 bits per heavy atom. The lowest BCUT2D eigenvalue weighted by Gasteiger charge is -2.51. The van der Waals surface area contributed by atoms with Crippen molar-refractivity contribution in [2.75, 3.05) is 19.7 Å². The van der Waals surface area contributed by atoms with Gasteiger partial charge in [0.2, 0.25) is 0 Å². The number of nitrogens with zero attached hydrogens (tertiary/aromatic N) is 1. The van der Waals surface area contributed by atoms with E-state index in [9.17, 15) is 9.90 Å². The molecule has 0 aromatic heterocycles. The van der Waals surface area contributed by atoms with Crippen LogP contribution >= 0.6 is 0 Å². The molecule has 196 valence electrons. The molecule has 2 aliphatic carbocycles. The molecule has 5 heteroatoms. The van der Waals surface area contributed by atoms with Crippen LogP contribution in [-0.2, 0) is 19.9 Å². The minimum atomic E-state index is -1.14. The molecule has 1 spiro atoms. The molecule has 3 saturated heterocycles. The molecule has 0 radical (unpaired) electrons. The maximum absolute atomic E-state index is 13.4. The largest absolute Gasteiger partial charge is 0.462 e. The van der Waals surface area contributed by atoms with Crippen molar-refractivity contribution in [1.29, 1.82) is 0 Å². The fourth-order valence-electron chi connectivity index (χ4n) is 8.87. The Hall–Kier alpha value is -2.21. The lowest BCUT2D eigenvalue weighted by molar-refractivity contribution is -0.147. The molecule has 5 fully saturated rings. The van der Waals surface area contributed by atoms with Gasteiger partial charge in [0.15, 0.2) is 0 Å². The lowest BCUT2D eigenvalue weighted by atomic mass is 9.53. The van der Waals surface area contributed by atoms with Gasteiger partial charge in [0.1, 0.15) is 11.7 Å². The Kier molecular flexibility index (Phi) is 5.58. The average molecular weight is 502 g/mol. The molecule has 7 rings (SSSR count). The van der Waals surface area contributed by atoms with Gasteiger partial charge in [-0.1, -0.05) is 67.6 Å². The van der Waals surface area contributed by atoms with Gasteiger partial charge in [0.05, 0.1) is 18.1 Å². The molecule has 0 bridgehead atoms. The highest BCUT2D eigenvalue weighted by Crippen LogP contribution is 2.63. The number of esters is 1. The second kappa shape index (κ2) is 8.65. The summed E-state index contributed by atoms with van der Waals surface area (Å²) in [5, 5.41) is 12.5. The van der Waals surface area contributed by atoms with Gasteiger partial charge >= 0.3 is 5.97 Å². The number of fused-ring (bicyclic) bond motifs is 3. The van der Waals surface area contributed by atoms with E-state index in [1.54, 1.807) is 0 Å². The maximum atomic E-state index is 13.4. The third-order valence-corrected chi connectivity index (χ3v) is 10.8. The van der Waals surface area contributed by atoms with Gasteiger partial charge in [-0.15, -0.1) is 0 Å². The molecule has 37 heavy (non-hydrogen) atoms. The summed E-state index contributed by atoms with van der Waals surface area (Å²) in [4.78, 5) is 15.8. The van der Waals surface area contributed by atoms with Crippen LogP contribution in [0.25, 0.3) is 0 Å². The van der Waals surface area contributed by atoms with Gasteiger partial charge in [0, 0.05) is 18.5 Å². The number of benzene rings is 2. The number of hydrogen-bond acceptors (Lipinski definition) is 5. The van der Waals surface area contributed by atoms with E-state index in [0.717, 1.165) is 50.0 Å². The van der Waals surface area contributed by atoms with Crippen molar-refractivity contribution in [3.05, 3.63) is 71.8 Å². The zero-order valence-electron chi connectivity index (χ0n) is 21.9. The summed E-state index contributed by atoms with van der Waals surface area (Å²) in [6, 6.07) is 20.0. The Morgan fingerprint density at radius 2 is 1.70 bits per heavy atom. The number of ether oxygens (including phenoxy) is 2. The third kappa shape index (κ3) is 3.72. The van der Waals surface area contributed by atoms with Gasteiger partial charge in [0.25, 0.3) is 0 Å². The van der Waals surface area contributed by atoms with Crippen LogP contribution in [-0.4, -0.2) is 53.4 Å². The molecule has 5 aliphatic rings. The van der Waals surface area contributed by atoms with Gasteiger partial charge in [-0.25, -0.2) is 0 Å². The third-order valence-electron chi connectivity index (χ3n) is 10.8. The summed E-state index contributed by atoms with van der Waals surface area (Å²) in [5.74, 6) is 0.597. The van der Waals surface area contributed by atoms with Gasteiger partial charge in [-0.05, 0) is 74.0 Å². The highest BCUT2D eigenvalue weighted by atomic mass is 16.6. The van der Waals surface area contributed by atoms with E-state index in [-0.39, 0.29) is 41.0 Å². The van der Waals surface area contributed by atoms with Crippen molar-refractivity contribution in [2.45, 2.75) is 75.2 Å². The minimum absolute atomic E-state index is 0.0239. The first-order valence-corrected chi connectivity index (χ1v) is 14.3. The van der Waals surface area contributed by atoms with Gasteiger partial charge in [-0.3, -0.25) is 9.69 Å². The predicted octanol–water partition coefficient (Wildman–Crippen LogP) is 4.91. The Balaban J connectivity index is 1.18. The highest BCUT2D eigenvalue weighted by molar-refractivity contribution is 5.75. The standard InChI is InChI=1S/C32H39NO4/c1-30-15-9-16-31(21-36-31)27(30)18-24-25(29(34)37-26(24)19-30)20-33-17-8-14-28(33)32(35,22-10-4-2-5-11-22)23-12-6-3-7-13-23/h2-7,10-13,24-28,35H,8-9,14-21H2,1H3/t24-,25+,26+,27+,28+,30+,31-/m0/s1. The molecule has 5 nitrogen and oxygen atoms in total. The molecule has 0 amide bonds. The maximum Gasteiger partial charge on any atom is 0.310 e. The van der Waals surface area contributed by atoms with Crippen molar-refractivity contribution < 1.29 is 19.4 Å². The zero-order chi connectivity index (χ0) is 25.3. The number of aliphatic hydroxyl groups is 1. The summed E-state index contributed by atoms with van der Waals surface area (Å²) in [5.41, 5.74) is 0.955. The second-order valence-electron chi connectivity index (χ2n) is 12.8. The van der Waals surface area contributed by atoms with E-state index in [0.29, 0.717) is 12.5 Å². The van der Waals surface area contributed by atoms with Crippen LogP contribution in [0.5, 0.6) is 0 Å². The lowest BCUT2D eigenvalue weighted by Crippen LogP contribution is -2.53. The average Bonchev–Trinajstić information content (AvgIpc) is 3.40. The fourth-order valence-corrected chi connectivity index (χ4v) is 8.87. The number of likely N-dealkylation sites (tertiary alicyclic amines) is 1. The van der Waals surface area contributed by atoms with E-state index in [1.165, 1.54) is 19.3 Å². The molecule has 0 unspecified atom stereocenters. The number of carbonyl (C=O) groups excluding carboxylic acids is 1. The van der Waals surface area contributed by atoms with Crippen molar-refractivity contribution in [3.8, 4) is 0 Å². The van der Waals surface area contributed by atoms with E-state index in [1.807, 2.05) is 60.7 Å². The molecule has 3 aliphatic heterocycles. The summed E-state index contributed by atoms with van der Waals surface area (Å²) >= 11 is 0. The van der Waals surface area contributed by atoms with Gasteiger partial charge in [-0.2, -0.15) is 0 Å². The summed E-state index contributed by atoms with van der Waals surface area (Å²) in [6.45, 7) is 4.85. The van der Waals surface area contributed by atoms with E-state index in [2.05, 4.69) is 11.8 Å². The molecule has 3 heterocycles. The van der Waals surface area contributed by atoms with Crippen LogP contribution in [0.4, 0.5) is 0 Å². The van der Waals surface area contributed by atoms with Crippen LogP contribution in [0, 0.1) is 23.2 Å². The normalized spacial score (nSPS) is 39.3. The summed E-state index contributed by atoms with van der Waals surface area (Å²) in [6.07, 6.45) is 7.52.